The van der Waals surface area contributed by atoms with Gasteiger partial charge in [-0.05, 0) is 78.7 Å². The second-order valence-corrected chi connectivity index (χ2v) is 11.8. The van der Waals surface area contributed by atoms with Crippen molar-refractivity contribution in [2.75, 3.05) is 0 Å². The summed E-state index contributed by atoms with van der Waals surface area (Å²) < 4.78 is 0. The molecule has 9 rings (SSSR count). The third-order valence-electron chi connectivity index (χ3n) is 9.15. The molecule has 0 N–H and O–H groups in total. The van der Waals surface area contributed by atoms with Crippen LogP contribution in [0, 0.1) is 0 Å². The van der Waals surface area contributed by atoms with Crippen LogP contribution in [0.2, 0.25) is 0 Å². The van der Waals surface area contributed by atoms with Gasteiger partial charge >= 0.3 is 0 Å². The number of benzene rings is 7. The second-order valence-electron chi connectivity index (χ2n) is 11.8. The maximum atomic E-state index is 4.94. The third kappa shape index (κ3) is 4.35. The Balaban J connectivity index is 1.19. The van der Waals surface area contributed by atoms with E-state index >= 15 is 0 Å². The number of hydrogen-bond donors (Lipinski definition) is 0. The Kier molecular flexibility index (Phi) is 6.17. The maximum absolute atomic E-state index is 4.94. The zero-order valence-corrected chi connectivity index (χ0v) is 25.1. The van der Waals surface area contributed by atoms with Crippen molar-refractivity contribution in [1.29, 1.82) is 0 Å². The Morgan fingerprint density at radius 2 is 0.804 bits per heavy atom. The van der Waals surface area contributed by atoms with E-state index in [0.29, 0.717) is 0 Å². The minimum atomic E-state index is 0.928. The molecule has 7 aromatic carbocycles. The maximum Gasteiger partial charge on any atom is 0.0964 e. The van der Waals surface area contributed by atoms with Crippen LogP contribution in [0.5, 0.6) is 0 Å². The van der Waals surface area contributed by atoms with Crippen LogP contribution in [0.25, 0.3) is 87.9 Å². The fourth-order valence-electron chi connectivity index (χ4n) is 6.96. The van der Waals surface area contributed by atoms with Gasteiger partial charge in [-0.2, -0.15) is 0 Å². The smallest absolute Gasteiger partial charge is 0.0964 e. The van der Waals surface area contributed by atoms with Gasteiger partial charge in [0.1, 0.15) is 0 Å². The highest BCUT2D eigenvalue weighted by atomic mass is 14.7. The Bertz CT molecular complexity index is 2420. The zero-order valence-electron chi connectivity index (χ0n) is 25.1. The number of nitrogens with zero attached hydrogens (tertiary/aromatic N) is 2. The average Bonchev–Trinajstić information content (AvgIpc) is 3.14. The first-order valence-electron chi connectivity index (χ1n) is 15.7. The molecule has 0 aliphatic heterocycles. The summed E-state index contributed by atoms with van der Waals surface area (Å²) in [6, 6.07) is 56.7. The van der Waals surface area contributed by atoms with Gasteiger partial charge in [-0.1, -0.05) is 140 Å². The fourth-order valence-corrected chi connectivity index (χ4v) is 6.96. The Labute approximate surface area is 267 Å². The van der Waals surface area contributed by atoms with Gasteiger partial charge in [0, 0.05) is 28.7 Å². The Hall–Kier alpha value is -6.12. The summed E-state index contributed by atoms with van der Waals surface area (Å²) in [6.45, 7) is 0. The highest BCUT2D eigenvalue weighted by molar-refractivity contribution is 6.09. The molecular formula is C44H28N2. The Morgan fingerprint density at radius 3 is 1.57 bits per heavy atom. The van der Waals surface area contributed by atoms with Crippen molar-refractivity contribution in [3.63, 3.8) is 0 Å². The molecule has 9 aromatic rings. The minimum Gasteiger partial charge on any atom is -0.254 e. The summed E-state index contributed by atoms with van der Waals surface area (Å²) >= 11 is 0. The van der Waals surface area contributed by atoms with Crippen LogP contribution < -0.4 is 0 Å². The normalized spacial score (nSPS) is 11.5. The molecule has 0 unspecified atom stereocenters. The average molecular weight is 585 g/mol. The van der Waals surface area contributed by atoms with Gasteiger partial charge in [0.25, 0.3) is 0 Å². The monoisotopic (exact) mass is 584 g/mol. The lowest BCUT2D eigenvalue weighted by Gasteiger charge is -2.17. The van der Waals surface area contributed by atoms with Crippen molar-refractivity contribution >= 4 is 43.4 Å². The predicted molar refractivity (Wildman–Crippen MR) is 194 cm³/mol. The van der Waals surface area contributed by atoms with E-state index in [1.54, 1.807) is 0 Å². The molecule has 214 valence electrons. The molecule has 2 aromatic heterocycles. The summed E-state index contributed by atoms with van der Waals surface area (Å²) in [6.07, 6.45) is 3.83. The molecule has 0 saturated carbocycles. The summed E-state index contributed by atoms with van der Waals surface area (Å²) in [5, 5.41) is 7.26. The standard InChI is InChI=1S/C44H28N2/c1-2-12-35-29(10-1)19-21-31-26-32(23-24-38(31)35)36-13-3-5-15-39(36)41-17-7-8-18-42(41)40-16-6-4-14-37(40)34-27-33-22-20-30-11-9-25-45-43(30)44(33)46-28-34/h1-28H. The lowest BCUT2D eigenvalue weighted by molar-refractivity contribution is 1.37. The van der Waals surface area contributed by atoms with Crippen LogP contribution in [0.15, 0.2) is 170 Å². The van der Waals surface area contributed by atoms with E-state index < -0.39 is 0 Å². The van der Waals surface area contributed by atoms with E-state index in [1.807, 2.05) is 18.5 Å². The lowest BCUT2D eigenvalue weighted by atomic mass is 9.86. The molecule has 0 atom stereocenters. The van der Waals surface area contributed by atoms with Crippen LogP contribution in [0.1, 0.15) is 0 Å². The van der Waals surface area contributed by atoms with Gasteiger partial charge in [0.15, 0.2) is 0 Å². The third-order valence-corrected chi connectivity index (χ3v) is 9.15. The van der Waals surface area contributed by atoms with Crippen molar-refractivity contribution < 1.29 is 0 Å². The van der Waals surface area contributed by atoms with E-state index in [9.17, 15) is 0 Å². The van der Waals surface area contributed by atoms with Crippen molar-refractivity contribution in [3.8, 4) is 44.5 Å². The molecule has 0 aliphatic rings. The van der Waals surface area contributed by atoms with Crippen molar-refractivity contribution in [2.45, 2.75) is 0 Å². The molecule has 0 bridgehead atoms. The number of aromatic nitrogens is 2. The van der Waals surface area contributed by atoms with Gasteiger partial charge in [0.05, 0.1) is 11.0 Å². The summed E-state index contributed by atoms with van der Waals surface area (Å²) in [7, 11) is 0. The topological polar surface area (TPSA) is 25.8 Å². The number of hydrogen-bond acceptors (Lipinski definition) is 2. The van der Waals surface area contributed by atoms with Crippen molar-refractivity contribution in [2.24, 2.45) is 0 Å². The number of rotatable bonds is 4. The molecule has 0 spiro atoms. The zero-order chi connectivity index (χ0) is 30.5. The first kappa shape index (κ1) is 26.3. The van der Waals surface area contributed by atoms with Gasteiger partial charge < -0.3 is 0 Å². The van der Waals surface area contributed by atoms with Crippen LogP contribution >= 0.6 is 0 Å². The molecule has 0 saturated heterocycles. The lowest BCUT2D eigenvalue weighted by Crippen LogP contribution is -1.92. The van der Waals surface area contributed by atoms with Crippen LogP contribution in [-0.4, -0.2) is 9.97 Å². The van der Waals surface area contributed by atoms with Crippen LogP contribution in [0.3, 0.4) is 0 Å². The summed E-state index contributed by atoms with van der Waals surface area (Å²) in [4.78, 5) is 9.56. The number of pyridine rings is 2. The molecule has 2 nitrogen and oxygen atoms in total. The molecular weight excluding hydrogens is 556 g/mol. The minimum absolute atomic E-state index is 0.928. The first-order valence-corrected chi connectivity index (χ1v) is 15.7. The predicted octanol–water partition coefficient (Wildman–Crippen LogP) is 11.8. The van der Waals surface area contributed by atoms with Crippen molar-refractivity contribution in [1.82, 2.24) is 9.97 Å². The highest BCUT2D eigenvalue weighted by Gasteiger charge is 2.16. The first-order chi connectivity index (χ1) is 22.8. The Morgan fingerprint density at radius 1 is 0.304 bits per heavy atom. The largest absolute Gasteiger partial charge is 0.254 e. The van der Waals surface area contributed by atoms with Crippen LogP contribution in [-0.2, 0) is 0 Å². The molecule has 0 fully saturated rings. The molecule has 2 heteroatoms. The van der Waals surface area contributed by atoms with Gasteiger partial charge in [0.2, 0.25) is 0 Å². The molecule has 2 heterocycles. The molecule has 0 aliphatic carbocycles. The summed E-state index contributed by atoms with van der Waals surface area (Å²) in [5.41, 5.74) is 11.3. The molecule has 0 amide bonds. The number of fused-ring (bicyclic) bond motifs is 6. The van der Waals surface area contributed by atoms with E-state index in [2.05, 4.69) is 157 Å². The molecule has 0 radical (unpaired) electrons. The van der Waals surface area contributed by atoms with E-state index in [0.717, 1.165) is 32.9 Å². The van der Waals surface area contributed by atoms with Gasteiger partial charge in [-0.15, -0.1) is 0 Å². The van der Waals surface area contributed by atoms with E-state index in [1.165, 1.54) is 54.9 Å². The SMILES string of the molecule is c1ccc(-c2ccccc2-c2ccccc2-c2cnc3c(ccc4cccnc43)c2)c(-c2ccc3c(ccc4ccccc43)c2)c1. The van der Waals surface area contributed by atoms with Crippen molar-refractivity contribution in [3.05, 3.63) is 170 Å². The van der Waals surface area contributed by atoms with Crippen LogP contribution in [0.4, 0.5) is 0 Å². The quantitative estimate of drug-likeness (QED) is 0.192. The van der Waals surface area contributed by atoms with Gasteiger partial charge in [-0.3, -0.25) is 9.97 Å². The van der Waals surface area contributed by atoms with E-state index in [-0.39, 0.29) is 0 Å². The highest BCUT2D eigenvalue weighted by Crippen LogP contribution is 2.42. The second kappa shape index (κ2) is 10.8. The van der Waals surface area contributed by atoms with Gasteiger partial charge in [-0.25, -0.2) is 0 Å². The molecule has 46 heavy (non-hydrogen) atoms. The summed E-state index contributed by atoms with van der Waals surface area (Å²) in [5.74, 6) is 0. The fraction of sp³-hybridized carbons (Fsp3) is 0. The van der Waals surface area contributed by atoms with E-state index in [4.69, 9.17) is 4.98 Å².